The van der Waals surface area contributed by atoms with E-state index in [0.29, 0.717) is 18.4 Å². The summed E-state index contributed by atoms with van der Waals surface area (Å²) in [5.41, 5.74) is 0. The van der Waals surface area contributed by atoms with Crippen LogP contribution in [0, 0.1) is 11.8 Å². The molecular weight excluding hydrogens is 178 g/mol. The third-order valence-electron chi connectivity index (χ3n) is 2.58. The first-order chi connectivity index (χ1) is 6.68. The molecule has 0 spiro atoms. The van der Waals surface area contributed by atoms with E-state index in [9.17, 15) is 5.11 Å². The predicted octanol–water partition coefficient (Wildman–Crippen LogP) is 1.02. The summed E-state index contributed by atoms with van der Waals surface area (Å²) in [5.74, 6) is 1.22. The van der Waals surface area contributed by atoms with Gasteiger partial charge in [0.15, 0.2) is 0 Å². The second-order valence-corrected chi connectivity index (χ2v) is 4.67. The highest BCUT2D eigenvalue weighted by molar-refractivity contribution is 4.68. The summed E-state index contributed by atoms with van der Waals surface area (Å²) < 4.78 is 5.28. The molecule has 1 saturated heterocycles. The Morgan fingerprint density at radius 3 is 2.86 bits per heavy atom. The van der Waals surface area contributed by atoms with Crippen molar-refractivity contribution in [2.24, 2.45) is 11.8 Å². The Labute approximate surface area is 86.8 Å². The molecule has 1 aliphatic rings. The number of aliphatic hydroxyl groups excluding tert-OH is 1. The lowest BCUT2D eigenvalue weighted by Crippen LogP contribution is -2.31. The standard InChI is InChI=1S/C11H23NO2/c1-9(2)5-11(13)7-12-6-10-3-4-14-8-10/h9-13H,3-8H2,1-2H3. The van der Waals surface area contributed by atoms with Gasteiger partial charge in [0.25, 0.3) is 0 Å². The molecule has 1 heterocycles. The van der Waals surface area contributed by atoms with Crippen LogP contribution in [-0.4, -0.2) is 37.5 Å². The zero-order valence-corrected chi connectivity index (χ0v) is 9.33. The van der Waals surface area contributed by atoms with Crippen molar-refractivity contribution >= 4 is 0 Å². The smallest absolute Gasteiger partial charge is 0.0667 e. The van der Waals surface area contributed by atoms with Gasteiger partial charge >= 0.3 is 0 Å². The number of ether oxygens (including phenoxy) is 1. The van der Waals surface area contributed by atoms with E-state index in [0.717, 1.165) is 32.6 Å². The van der Waals surface area contributed by atoms with Crippen molar-refractivity contribution in [3.63, 3.8) is 0 Å². The van der Waals surface area contributed by atoms with Crippen LogP contribution in [0.25, 0.3) is 0 Å². The number of nitrogens with one attached hydrogen (secondary N) is 1. The number of rotatable bonds is 6. The minimum absolute atomic E-state index is 0.197. The summed E-state index contributed by atoms with van der Waals surface area (Å²) in [7, 11) is 0. The van der Waals surface area contributed by atoms with E-state index in [-0.39, 0.29) is 6.10 Å². The molecular formula is C11H23NO2. The Morgan fingerprint density at radius 1 is 1.50 bits per heavy atom. The van der Waals surface area contributed by atoms with E-state index in [1.807, 2.05) is 0 Å². The molecule has 1 rings (SSSR count). The molecule has 2 unspecified atom stereocenters. The van der Waals surface area contributed by atoms with E-state index in [1.165, 1.54) is 0 Å². The second kappa shape index (κ2) is 6.38. The van der Waals surface area contributed by atoms with Gasteiger partial charge < -0.3 is 15.2 Å². The quantitative estimate of drug-likeness (QED) is 0.674. The minimum Gasteiger partial charge on any atom is -0.392 e. The highest BCUT2D eigenvalue weighted by Crippen LogP contribution is 2.10. The molecule has 1 aliphatic heterocycles. The fourth-order valence-electron chi connectivity index (χ4n) is 1.83. The second-order valence-electron chi connectivity index (χ2n) is 4.67. The topological polar surface area (TPSA) is 41.5 Å². The van der Waals surface area contributed by atoms with Gasteiger partial charge in [0.2, 0.25) is 0 Å². The third-order valence-corrected chi connectivity index (χ3v) is 2.58. The summed E-state index contributed by atoms with van der Waals surface area (Å²) in [4.78, 5) is 0. The molecule has 1 fully saturated rings. The average molecular weight is 201 g/mol. The maximum absolute atomic E-state index is 9.60. The lowest BCUT2D eigenvalue weighted by Gasteiger charge is -2.15. The van der Waals surface area contributed by atoms with Crippen molar-refractivity contribution in [1.29, 1.82) is 0 Å². The Morgan fingerprint density at radius 2 is 2.29 bits per heavy atom. The van der Waals surface area contributed by atoms with Gasteiger partial charge in [0.1, 0.15) is 0 Å². The van der Waals surface area contributed by atoms with Crippen LogP contribution in [0.15, 0.2) is 0 Å². The molecule has 0 radical (unpaired) electrons. The van der Waals surface area contributed by atoms with Gasteiger partial charge in [-0.1, -0.05) is 13.8 Å². The highest BCUT2D eigenvalue weighted by atomic mass is 16.5. The monoisotopic (exact) mass is 201 g/mol. The highest BCUT2D eigenvalue weighted by Gasteiger charge is 2.15. The van der Waals surface area contributed by atoms with Crippen LogP contribution in [0.2, 0.25) is 0 Å². The zero-order valence-electron chi connectivity index (χ0n) is 9.33. The molecule has 2 N–H and O–H groups in total. The summed E-state index contributed by atoms with van der Waals surface area (Å²) in [6, 6.07) is 0. The fourth-order valence-corrected chi connectivity index (χ4v) is 1.83. The van der Waals surface area contributed by atoms with Gasteiger partial charge in [-0.15, -0.1) is 0 Å². The van der Waals surface area contributed by atoms with Gasteiger partial charge in [-0.2, -0.15) is 0 Å². The number of hydrogen-bond acceptors (Lipinski definition) is 3. The van der Waals surface area contributed by atoms with Gasteiger partial charge in [0, 0.05) is 19.7 Å². The van der Waals surface area contributed by atoms with Crippen molar-refractivity contribution in [2.75, 3.05) is 26.3 Å². The van der Waals surface area contributed by atoms with Crippen LogP contribution in [0.4, 0.5) is 0 Å². The Hall–Kier alpha value is -0.120. The van der Waals surface area contributed by atoms with Crippen molar-refractivity contribution in [1.82, 2.24) is 5.32 Å². The Kier molecular flexibility index (Phi) is 5.45. The fraction of sp³-hybridized carbons (Fsp3) is 1.00. The molecule has 3 nitrogen and oxygen atoms in total. The largest absolute Gasteiger partial charge is 0.392 e. The predicted molar refractivity (Wildman–Crippen MR) is 57.3 cm³/mol. The van der Waals surface area contributed by atoms with Crippen LogP contribution in [0.1, 0.15) is 26.7 Å². The van der Waals surface area contributed by atoms with E-state index in [4.69, 9.17) is 4.74 Å². The Balaban J connectivity index is 1.96. The van der Waals surface area contributed by atoms with Crippen molar-refractivity contribution in [3.05, 3.63) is 0 Å². The number of hydrogen-bond donors (Lipinski definition) is 2. The first-order valence-corrected chi connectivity index (χ1v) is 5.65. The summed E-state index contributed by atoms with van der Waals surface area (Å²) in [6.07, 6.45) is 1.85. The normalized spacial score (nSPS) is 24.4. The lowest BCUT2D eigenvalue weighted by atomic mass is 10.1. The molecule has 0 aliphatic carbocycles. The third kappa shape index (κ3) is 4.94. The first kappa shape index (κ1) is 12.0. The average Bonchev–Trinajstić information content (AvgIpc) is 2.55. The summed E-state index contributed by atoms with van der Waals surface area (Å²) in [6.45, 7) is 7.75. The molecule has 0 aromatic carbocycles. The van der Waals surface area contributed by atoms with E-state index in [2.05, 4.69) is 19.2 Å². The van der Waals surface area contributed by atoms with Gasteiger partial charge in [-0.25, -0.2) is 0 Å². The Bertz CT molecular complexity index is 144. The van der Waals surface area contributed by atoms with Crippen LogP contribution >= 0.6 is 0 Å². The van der Waals surface area contributed by atoms with Crippen LogP contribution < -0.4 is 5.32 Å². The molecule has 3 heteroatoms. The van der Waals surface area contributed by atoms with Crippen LogP contribution in [0.5, 0.6) is 0 Å². The molecule has 0 saturated carbocycles. The SMILES string of the molecule is CC(C)CC(O)CNCC1CCOC1. The van der Waals surface area contributed by atoms with E-state index in [1.54, 1.807) is 0 Å². The molecule has 0 aromatic rings. The van der Waals surface area contributed by atoms with Crippen molar-refractivity contribution in [2.45, 2.75) is 32.8 Å². The first-order valence-electron chi connectivity index (χ1n) is 5.65. The summed E-state index contributed by atoms with van der Waals surface area (Å²) >= 11 is 0. The van der Waals surface area contributed by atoms with Crippen molar-refractivity contribution < 1.29 is 9.84 Å². The lowest BCUT2D eigenvalue weighted by molar-refractivity contribution is 0.143. The molecule has 0 amide bonds. The van der Waals surface area contributed by atoms with Gasteiger partial charge in [-0.05, 0) is 24.7 Å². The van der Waals surface area contributed by atoms with Crippen molar-refractivity contribution in [3.8, 4) is 0 Å². The van der Waals surface area contributed by atoms with E-state index < -0.39 is 0 Å². The van der Waals surface area contributed by atoms with E-state index >= 15 is 0 Å². The number of aliphatic hydroxyl groups is 1. The van der Waals surface area contributed by atoms with Crippen LogP contribution in [0.3, 0.4) is 0 Å². The molecule has 14 heavy (non-hydrogen) atoms. The van der Waals surface area contributed by atoms with Crippen LogP contribution in [-0.2, 0) is 4.74 Å². The minimum atomic E-state index is -0.197. The summed E-state index contributed by atoms with van der Waals surface area (Å²) in [5, 5.41) is 12.9. The molecule has 84 valence electrons. The maximum atomic E-state index is 9.60. The molecule has 0 aromatic heterocycles. The van der Waals surface area contributed by atoms with Gasteiger partial charge in [0.05, 0.1) is 12.7 Å². The zero-order chi connectivity index (χ0) is 10.4. The maximum Gasteiger partial charge on any atom is 0.0667 e. The van der Waals surface area contributed by atoms with Gasteiger partial charge in [-0.3, -0.25) is 0 Å². The molecule has 0 bridgehead atoms. The molecule has 2 atom stereocenters.